The molecule has 1 aliphatic rings. The van der Waals surface area contributed by atoms with Crippen LogP contribution in [0.1, 0.15) is 5.56 Å². The Bertz CT molecular complexity index is 599. The lowest BCUT2D eigenvalue weighted by Crippen LogP contribution is -2.46. The summed E-state index contributed by atoms with van der Waals surface area (Å²) in [6.45, 7) is 4.14. The number of halogens is 2. The van der Waals surface area contributed by atoms with E-state index in [1.165, 1.54) is 12.3 Å². The second-order valence-electron chi connectivity index (χ2n) is 4.98. The van der Waals surface area contributed by atoms with E-state index in [2.05, 4.69) is 24.8 Å². The maximum Gasteiger partial charge on any atom is 0.225 e. The molecule has 0 bridgehead atoms. The summed E-state index contributed by atoms with van der Waals surface area (Å²) in [6.07, 6.45) is 6.14. The quantitative estimate of drug-likeness (QED) is 0.868. The molecule has 0 amide bonds. The van der Waals surface area contributed by atoms with Crippen molar-refractivity contribution in [2.75, 3.05) is 31.1 Å². The van der Waals surface area contributed by atoms with Gasteiger partial charge in [0, 0.05) is 38.9 Å². The van der Waals surface area contributed by atoms with Crippen molar-refractivity contribution in [1.29, 1.82) is 0 Å². The average Bonchev–Trinajstić information content (AvgIpc) is 2.49. The Hall–Kier alpha value is -1.79. The molecule has 5 nitrogen and oxygen atoms in total. The Morgan fingerprint density at radius 1 is 1.05 bits per heavy atom. The molecule has 3 heterocycles. The maximum atomic E-state index is 13.1. The van der Waals surface area contributed by atoms with E-state index in [4.69, 9.17) is 11.6 Å². The van der Waals surface area contributed by atoms with Gasteiger partial charge >= 0.3 is 0 Å². The number of rotatable bonds is 3. The van der Waals surface area contributed by atoms with Crippen LogP contribution in [0.2, 0.25) is 5.02 Å². The summed E-state index contributed by atoms with van der Waals surface area (Å²) < 4.78 is 13.1. The molecule has 21 heavy (non-hydrogen) atoms. The van der Waals surface area contributed by atoms with Crippen molar-refractivity contribution in [2.24, 2.45) is 0 Å². The second kappa shape index (κ2) is 6.32. The van der Waals surface area contributed by atoms with Gasteiger partial charge in [0.2, 0.25) is 5.95 Å². The zero-order valence-electron chi connectivity index (χ0n) is 11.4. The van der Waals surface area contributed by atoms with E-state index in [1.54, 1.807) is 18.6 Å². The standard InChI is InChI=1S/C14H15ClFN5/c15-12-7-18-14(19-8-12)21-3-1-20(2-4-21)10-11-5-13(16)9-17-6-11/h5-9H,1-4,10H2. The van der Waals surface area contributed by atoms with Crippen LogP contribution < -0.4 is 4.90 Å². The Morgan fingerprint density at radius 2 is 1.76 bits per heavy atom. The third-order valence-electron chi connectivity index (χ3n) is 3.43. The summed E-state index contributed by atoms with van der Waals surface area (Å²) in [6, 6.07) is 1.53. The van der Waals surface area contributed by atoms with Gasteiger partial charge in [0.05, 0.1) is 23.6 Å². The lowest BCUT2D eigenvalue weighted by Gasteiger charge is -2.34. The second-order valence-corrected chi connectivity index (χ2v) is 5.41. The van der Waals surface area contributed by atoms with Crippen LogP contribution in [0.15, 0.2) is 30.9 Å². The average molecular weight is 308 g/mol. The molecule has 7 heteroatoms. The Kier molecular flexibility index (Phi) is 4.26. The van der Waals surface area contributed by atoms with Crippen LogP contribution in [-0.4, -0.2) is 46.0 Å². The molecule has 0 aliphatic carbocycles. The van der Waals surface area contributed by atoms with Gasteiger partial charge in [-0.05, 0) is 11.6 Å². The van der Waals surface area contributed by atoms with Gasteiger partial charge in [-0.2, -0.15) is 0 Å². The van der Waals surface area contributed by atoms with Crippen LogP contribution in [0.4, 0.5) is 10.3 Å². The fraction of sp³-hybridized carbons (Fsp3) is 0.357. The van der Waals surface area contributed by atoms with Gasteiger partial charge in [-0.15, -0.1) is 0 Å². The number of piperazine rings is 1. The lowest BCUT2D eigenvalue weighted by molar-refractivity contribution is 0.248. The summed E-state index contributed by atoms with van der Waals surface area (Å²) >= 11 is 5.79. The van der Waals surface area contributed by atoms with Crippen molar-refractivity contribution >= 4 is 17.5 Å². The first kappa shape index (κ1) is 14.2. The van der Waals surface area contributed by atoms with E-state index in [1.807, 2.05) is 0 Å². The van der Waals surface area contributed by atoms with Crippen LogP contribution in [0.3, 0.4) is 0 Å². The molecule has 0 atom stereocenters. The minimum atomic E-state index is -0.291. The molecule has 0 spiro atoms. The third-order valence-corrected chi connectivity index (χ3v) is 3.62. The zero-order valence-corrected chi connectivity index (χ0v) is 12.2. The van der Waals surface area contributed by atoms with Gasteiger partial charge < -0.3 is 4.90 Å². The molecule has 0 N–H and O–H groups in total. The molecule has 2 aromatic rings. The normalized spacial score (nSPS) is 16.2. The van der Waals surface area contributed by atoms with Crippen molar-refractivity contribution in [3.8, 4) is 0 Å². The van der Waals surface area contributed by atoms with Crippen molar-refractivity contribution < 1.29 is 4.39 Å². The minimum absolute atomic E-state index is 0.291. The lowest BCUT2D eigenvalue weighted by atomic mass is 10.2. The van der Waals surface area contributed by atoms with Crippen LogP contribution in [0.5, 0.6) is 0 Å². The highest BCUT2D eigenvalue weighted by Crippen LogP contribution is 2.14. The fourth-order valence-corrected chi connectivity index (χ4v) is 2.47. The Morgan fingerprint density at radius 3 is 2.43 bits per heavy atom. The van der Waals surface area contributed by atoms with E-state index in [-0.39, 0.29) is 5.82 Å². The molecular formula is C14H15ClFN5. The molecule has 0 aromatic carbocycles. The zero-order chi connectivity index (χ0) is 14.7. The number of anilines is 1. The number of pyridine rings is 1. The largest absolute Gasteiger partial charge is 0.338 e. The number of nitrogens with zero attached hydrogens (tertiary/aromatic N) is 5. The summed E-state index contributed by atoms with van der Waals surface area (Å²) in [5.74, 6) is 0.409. The van der Waals surface area contributed by atoms with Crippen LogP contribution in [0, 0.1) is 5.82 Å². The molecule has 3 rings (SSSR count). The van der Waals surface area contributed by atoms with Gasteiger partial charge in [0.25, 0.3) is 0 Å². The van der Waals surface area contributed by atoms with Crippen molar-refractivity contribution in [1.82, 2.24) is 19.9 Å². The van der Waals surface area contributed by atoms with Crippen LogP contribution >= 0.6 is 11.6 Å². The molecule has 1 fully saturated rings. The molecule has 0 saturated carbocycles. The van der Waals surface area contributed by atoms with Gasteiger partial charge in [0.15, 0.2) is 0 Å². The first-order chi connectivity index (χ1) is 10.2. The highest BCUT2D eigenvalue weighted by atomic mass is 35.5. The topological polar surface area (TPSA) is 45.2 Å². The maximum absolute atomic E-state index is 13.1. The Balaban J connectivity index is 1.56. The summed E-state index contributed by atoms with van der Waals surface area (Å²) in [5.41, 5.74) is 0.895. The van der Waals surface area contributed by atoms with Gasteiger partial charge in [-0.1, -0.05) is 11.6 Å². The first-order valence-corrected chi connectivity index (χ1v) is 7.13. The van der Waals surface area contributed by atoms with E-state index >= 15 is 0 Å². The fourth-order valence-electron chi connectivity index (χ4n) is 2.38. The smallest absolute Gasteiger partial charge is 0.225 e. The van der Waals surface area contributed by atoms with E-state index < -0.39 is 0 Å². The van der Waals surface area contributed by atoms with Gasteiger partial charge in [-0.3, -0.25) is 9.88 Å². The first-order valence-electron chi connectivity index (χ1n) is 6.75. The predicted molar refractivity (Wildman–Crippen MR) is 78.7 cm³/mol. The van der Waals surface area contributed by atoms with Crippen molar-refractivity contribution in [3.05, 3.63) is 47.3 Å². The molecule has 0 radical (unpaired) electrons. The minimum Gasteiger partial charge on any atom is -0.338 e. The number of hydrogen-bond acceptors (Lipinski definition) is 5. The van der Waals surface area contributed by atoms with E-state index in [0.717, 1.165) is 31.7 Å². The SMILES string of the molecule is Fc1cncc(CN2CCN(c3ncc(Cl)cn3)CC2)c1. The molecule has 1 aliphatic heterocycles. The van der Waals surface area contributed by atoms with Crippen LogP contribution in [-0.2, 0) is 6.54 Å². The molecule has 1 saturated heterocycles. The van der Waals surface area contributed by atoms with Gasteiger partial charge in [0.1, 0.15) is 5.82 Å². The molecule has 110 valence electrons. The molecule has 2 aromatic heterocycles. The summed E-state index contributed by atoms with van der Waals surface area (Å²) in [5, 5.41) is 0.538. The molecule has 0 unspecified atom stereocenters. The highest BCUT2D eigenvalue weighted by Gasteiger charge is 2.19. The Labute approximate surface area is 127 Å². The highest BCUT2D eigenvalue weighted by molar-refractivity contribution is 6.30. The summed E-state index contributed by atoms with van der Waals surface area (Å²) in [7, 11) is 0. The monoisotopic (exact) mass is 307 g/mol. The summed E-state index contributed by atoms with van der Waals surface area (Å²) in [4.78, 5) is 16.7. The van der Waals surface area contributed by atoms with E-state index in [0.29, 0.717) is 17.5 Å². The number of aromatic nitrogens is 3. The van der Waals surface area contributed by atoms with E-state index in [9.17, 15) is 4.39 Å². The predicted octanol–water partition coefficient (Wildman–Crippen LogP) is 1.99. The molecular weight excluding hydrogens is 293 g/mol. The third kappa shape index (κ3) is 3.65. The van der Waals surface area contributed by atoms with Gasteiger partial charge in [-0.25, -0.2) is 14.4 Å². The number of hydrogen-bond donors (Lipinski definition) is 0. The van der Waals surface area contributed by atoms with Crippen molar-refractivity contribution in [2.45, 2.75) is 6.54 Å². The van der Waals surface area contributed by atoms with Crippen LogP contribution in [0.25, 0.3) is 0 Å². The van der Waals surface area contributed by atoms with Crippen molar-refractivity contribution in [3.63, 3.8) is 0 Å².